The molecule has 20 heavy (non-hydrogen) atoms. The van der Waals surface area contributed by atoms with Crippen LogP contribution in [-0.4, -0.2) is 0 Å². The Morgan fingerprint density at radius 2 is 1.70 bits per heavy atom. The molecule has 3 heteroatoms. The zero-order valence-electron chi connectivity index (χ0n) is 12.0. The molecule has 0 saturated heterocycles. The third kappa shape index (κ3) is 3.54. The van der Waals surface area contributed by atoms with E-state index in [9.17, 15) is 0 Å². The Balaban J connectivity index is 2.32. The van der Waals surface area contributed by atoms with E-state index in [1.54, 1.807) is 0 Å². The highest BCUT2D eigenvalue weighted by Gasteiger charge is 2.14. The maximum Gasteiger partial charge on any atom is 0.0410 e. The van der Waals surface area contributed by atoms with Crippen LogP contribution in [0.3, 0.4) is 0 Å². The predicted molar refractivity (Wildman–Crippen MR) is 95.5 cm³/mol. The highest BCUT2D eigenvalue weighted by Crippen LogP contribution is 2.27. The highest BCUT2D eigenvalue weighted by molar-refractivity contribution is 14.1. The van der Waals surface area contributed by atoms with Gasteiger partial charge in [-0.1, -0.05) is 29.3 Å². The second-order valence-corrected chi connectivity index (χ2v) is 6.95. The van der Waals surface area contributed by atoms with E-state index in [-0.39, 0.29) is 6.04 Å². The third-order valence-electron chi connectivity index (χ3n) is 3.62. The van der Waals surface area contributed by atoms with E-state index in [2.05, 4.69) is 55.5 Å². The van der Waals surface area contributed by atoms with Crippen molar-refractivity contribution in [2.24, 2.45) is 5.73 Å². The first-order valence-corrected chi connectivity index (χ1v) is 8.11. The second-order valence-electron chi connectivity index (χ2n) is 5.35. The quantitative estimate of drug-likeness (QED) is 0.713. The van der Waals surface area contributed by atoms with Gasteiger partial charge in [0.25, 0.3) is 0 Å². The van der Waals surface area contributed by atoms with Gasteiger partial charge >= 0.3 is 0 Å². The van der Waals surface area contributed by atoms with Crippen molar-refractivity contribution in [2.75, 3.05) is 0 Å². The summed E-state index contributed by atoms with van der Waals surface area (Å²) in [6.45, 7) is 6.44. The number of aryl methyl sites for hydroxylation is 3. The molecule has 2 N–H and O–H groups in total. The molecule has 2 rings (SSSR count). The van der Waals surface area contributed by atoms with E-state index in [1.807, 2.05) is 18.2 Å². The molecule has 0 fully saturated rings. The highest BCUT2D eigenvalue weighted by atomic mass is 127. The molecule has 2 aromatic rings. The van der Waals surface area contributed by atoms with Gasteiger partial charge in [0.2, 0.25) is 0 Å². The summed E-state index contributed by atoms with van der Waals surface area (Å²) in [6, 6.07) is 10.3. The number of hydrogen-bond donors (Lipinski definition) is 1. The number of rotatable bonds is 3. The van der Waals surface area contributed by atoms with Gasteiger partial charge in [-0.2, -0.15) is 0 Å². The van der Waals surface area contributed by atoms with Crippen LogP contribution in [-0.2, 0) is 6.42 Å². The predicted octanol–water partition coefficient (Wildman–Crippen LogP) is 5.11. The van der Waals surface area contributed by atoms with Gasteiger partial charge in [0, 0.05) is 14.6 Å². The normalized spacial score (nSPS) is 12.5. The minimum Gasteiger partial charge on any atom is -0.324 e. The Labute approximate surface area is 139 Å². The molecule has 0 aliphatic carbocycles. The molecule has 1 atom stereocenters. The van der Waals surface area contributed by atoms with E-state index in [0.29, 0.717) is 0 Å². The fraction of sp³-hybridized carbons (Fsp3) is 0.294. The van der Waals surface area contributed by atoms with Crippen LogP contribution in [0.2, 0.25) is 5.02 Å². The van der Waals surface area contributed by atoms with Gasteiger partial charge in [-0.25, -0.2) is 0 Å². The summed E-state index contributed by atoms with van der Waals surface area (Å²) in [5.74, 6) is 0. The lowest BCUT2D eigenvalue weighted by molar-refractivity contribution is 0.711. The summed E-state index contributed by atoms with van der Waals surface area (Å²) in [6.07, 6.45) is 0.842. The van der Waals surface area contributed by atoms with Crippen LogP contribution in [0.1, 0.15) is 33.9 Å². The number of nitrogens with two attached hydrogens (primary N) is 1. The molecular formula is C17H19ClIN. The molecule has 2 aromatic carbocycles. The van der Waals surface area contributed by atoms with Gasteiger partial charge in [-0.3, -0.25) is 0 Å². The van der Waals surface area contributed by atoms with E-state index in [4.69, 9.17) is 17.3 Å². The smallest absolute Gasteiger partial charge is 0.0410 e. The summed E-state index contributed by atoms with van der Waals surface area (Å²) in [5, 5.41) is 0.744. The maximum atomic E-state index is 6.41. The lowest BCUT2D eigenvalue weighted by Crippen LogP contribution is -2.16. The molecule has 0 bridgehead atoms. The fourth-order valence-corrected chi connectivity index (χ4v) is 3.58. The molecular weight excluding hydrogens is 381 g/mol. The summed E-state index contributed by atoms with van der Waals surface area (Å²) in [5.41, 5.74) is 12.8. The van der Waals surface area contributed by atoms with Crippen molar-refractivity contribution in [1.82, 2.24) is 0 Å². The van der Waals surface area contributed by atoms with Crippen molar-refractivity contribution in [2.45, 2.75) is 33.2 Å². The number of halogens is 2. The molecule has 0 aromatic heterocycles. The van der Waals surface area contributed by atoms with Crippen molar-refractivity contribution in [3.05, 3.63) is 66.7 Å². The van der Waals surface area contributed by atoms with Gasteiger partial charge in [-0.15, -0.1) is 0 Å². The average Bonchev–Trinajstić information content (AvgIpc) is 2.36. The van der Waals surface area contributed by atoms with Crippen LogP contribution in [0, 0.1) is 24.3 Å². The van der Waals surface area contributed by atoms with Gasteiger partial charge in [0.1, 0.15) is 0 Å². The first-order valence-electron chi connectivity index (χ1n) is 6.65. The molecule has 106 valence electrons. The first-order chi connectivity index (χ1) is 9.38. The summed E-state index contributed by atoms with van der Waals surface area (Å²) in [4.78, 5) is 0. The molecule has 0 saturated carbocycles. The SMILES string of the molecule is Cc1cc(C)c(CC(N)c2cc(Cl)ccc2I)c(C)c1. The largest absolute Gasteiger partial charge is 0.324 e. The second kappa shape index (κ2) is 6.46. The lowest BCUT2D eigenvalue weighted by atomic mass is 9.92. The molecule has 0 aliphatic rings. The van der Waals surface area contributed by atoms with Crippen molar-refractivity contribution >= 4 is 34.2 Å². The van der Waals surface area contributed by atoms with Crippen LogP contribution in [0.4, 0.5) is 0 Å². The molecule has 0 heterocycles. The van der Waals surface area contributed by atoms with Crippen molar-refractivity contribution < 1.29 is 0 Å². The average molecular weight is 400 g/mol. The Bertz CT molecular complexity index is 614. The van der Waals surface area contributed by atoms with E-state index in [0.717, 1.165) is 17.0 Å². The Morgan fingerprint density at radius 3 is 2.30 bits per heavy atom. The van der Waals surface area contributed by atoms with E-state index < -0.39 is 0 Å². The fourth-order valence-electron chi connectivity index (χ4n) is 2.66. The molecule has 0 radical (unpaired) electrons. The zero-order valence-corrected chi connectivity index (χ0v) is 14.9. The molecule has 1 unspecified atom stereocenters. The monoisotopic (exact) mass is 399 g/mol. The first kappa shape index (κ1) is 15.8. The Kier molecular flexibility index (Phi) is 5.10. The van der Waals surface area contributed by atoms with Crippen LogP contribution >= 0.6 is 34.2 Å². The van der Waals surface area contributed by atoms with Crippen LogP contribution in [0.25, 0.3) is 0 Å². The lowest BCUT2D eigenvalue weighted by Gasteiger charge is -2.18. The van der Waals surface area contributed by atoms with Crippen molar-refractivity contribution in [3.63, 3.8) is 0 Å². The van der Waals surface area contributed by atoms with Gasteiger partial charge in [0.05, 0.1) is 0 Å². The number of hydrogen-bond acceptors (Lipinski definition) is 1. The molecule has 0 amide bonds. The minimum absolute atomic E-state index is 0.0271. The van der Waals surface area contributed by atoms with Crippen molar-refractivity contribution in [3.8, 4) is 0 Å². The van der Waals surface area contributed by atoms with E-state index >= 15 is 0 Å². The maximum absolute atomic E-state index is 6.41. The van der Waals surface area contributed by atoms with Crippen molar-refractivity contribution in [1.29, 1.82) is 0 Å². The van der Waals surface area contributed by atoms with Gasteiger partial charge < -0.3 is 5.73 Å². The molecule has 0 aliphatic heterocycles. The Morgan fingerprint density at radius 1 is 1.10 bits per heavy atom. The van der Waals surface area contributed by atoms with Crippen LogP contribution in [0.15, 0.2) is 30.3 Å². The minimum atomic E-state index is -0.0271. The zero-order chi connectivity index (χ0) is 14.9. The van der Waals surface area contributed by atoms with Crippen LogP contribution in [0.5, 0.6) is 0 Å². The summed E-state index contributed by atoms with van der Waals surface area (Å²) < 4.78 is 1.17. The summed E-state index contributed by atoms with van der Waals surface area (Å²) in [7, 11) is 0. The Hall–Kier alpha value is -0.580. The third-order valence-corrected chi connectivity index (χ3v) is 4.84. The van der Waals surface area contributed by atoms with Crippen LogP contribution < -0.4 is 5.73 Å². The summed E-state index contributed by atoms with van der Waals surface area (Å²) >= 11 is 8.41. The number of benzene rings is 2. The molecule has 0 spiro atoms. The topological polar surface area (TPSA) is 26.0 Å². The standard InChI is InChI=1S/C17H19ClIN/c1-10-6-11(2)14(12(3)7-10)9-17(20)15-8-13(18)4-5-16(15)19/h4-8,17H,9,20H2,1-3H3. The van der Waals surface area contributed by atoms with E-state index in [1.165, 1.54) is 25.8 Å². The van der Waals surface area contributed by atoms with Gasteiger partial charge in [-0.05, 0) is 90.2 Å². The van der Waals surface area contributed by atoms with Gasteiger partial charge in [0.15, 0.2) is 0 Å². The molecule has 1 nitrogen and oxygen atoms in total.